The normalized spacial score (nSPS) is 18.6. The maximum Gasteiger partial charge on any atom is 0.427 e. The van der Waals surface area contributed by atoms with Crippen LogP contribution in [0.25, 0.3) is 0 Å². The summed E-state index contributed by atoms with van der Waals surface area (Å²) in [6, 6.07) is 6.42. The van der Waals surface area contributed by atoms with Crippen LogP contribution in [0.4, 0.5) is 42.5 Å². The Hall–Kier alpha value is -3.69. The molecular formula is C25H24F6N2O7S. The average Bonchev–Trinajstić information content (AvgIpc) is 3.63. The van der Waals surface area contributed by atoms with E-state index in [0.29, 0.717) is 38.8 Å². The minimum absolute atomic E-state index is 0.0881. The van der Waals surface area contributed by atoms with Crippen molar-refractivity contribution in [2.75, 3.05) is 16.2 Å². The molecule has 0 aromatic heterocycles. The van der Waals surface area contributed by atoms with Crippen molar-refractivity contribution in [1.82, 2.24) is 0 Å². The fourth-order valence-corrected chi connectivity index (χ4v) is 5.75. The molecule has 1 aliphatic heterocycles. The number of fused-ring (bicyclic) bond motifs is 1. The van der Waals surface area contributed by atoms with Crippen molar-refractivity contribution in [3.8, 4) is 5.75 Å². The molecule has 2 aromatic carbocycles. The summed E-state index contributed by atoms with van der Waals surface area (Å²) in [6.07, 6.45) is -11.7. The Morgan fingerprint density at radius 2 is 1.76 bits per heavy atom. The van der Waals surface area contributed by atoms with Crippen LogP contribution in [0.5, 0.6) is 5.75 Å². The molecule has 1 saturated carbocycles. The number of carboxylic acids is 1. The van der Waals surface area contributed by atoms with Crippen molar-refractivity contribution >= 4 is 33.5 Å². The van der Waals surface area contributed by atoms with E-state index in [-0.39, 0.29) is 23.5 Å². The Bertz CT molecular complexity index is 1470. The molecule has 0 bridgehead atoms. The van der Waals surface area contributed by atoms with Crippen molar-refractivity contribution in [2.45, 2.75) is 62.1 Å². The third kappa shape index (κ3) is 6.16. The molecule has 2 aromatic rings. The number of rotatable bonds is 7. The predicted molar refractivity (Wildman–Crippen MR) is 131 cm³/mol. The zero-order valence-corrected chi connectivity index (χ0v) is 22.3. The lowest BCUT2D eigenvalue weighted by atomic mass is 9.97. The van der Waals surface area contributed by atoms with E-state index in [1.165, 1.54) is 12.1 Å². The average molecular weight is 611 g/mol. The molecule has 1 atom stereocenters. The minimum atomic E-state index is -4.90. The molecule has 0 spiro atoms. The Labute approximate surface area is 230 Å². The summed E-state index contributed by atoms with van der Waals surface area (Å²) in [4.78, 5) is 23.2. The molecule has 16 heteroatoms. The van der Waals surface area contributed by atoms with E-state index in [1.807, 2.05) is 0 Å². The number of alkyl halides is 6. The molecule has 0 unspecified atom stereocenters. The standard InChI is InChI=1S/C25H24F6N2O7S/c1-22(2,25(29,30)31)40-21(36)32-15-6-7-19-18(11-15)33(13-16(39-19)12-23(8-9-23)20(34)35)41(37,38)17-5-3-4-14(10-17)24(26,27)28/h3-7,10-11,16H,8-9,12-13H2,1-2H3,(H,32,36)(H,34,35)/t16-/m1/s1. The number of ether oxygens (including phenoxy) is 2. The van der Waals surface area contributed by atoms with Crippen LogP contribution >= 0.6 is 0 Å². The van der Waals surface area contributed by atoms with Gasteiger partial charge in [-0.3, -0.25) is 14.4 Å². The number of sulfonamides is 1. The highest BCUT2D eigenvalue weighted by atomic mass is 32.2. The maximum atomic E-state index is 13.7. The first kappa shape index (κ1) is 30.3. The number of anilines is 2. The van der Waals surface area contributed by atoms with Crippen molar-refractivity contribution < 1.29 is 58.9 Å². The summed E-state index contributed by atoms with van der Waals surface area (Å²) in [5, 5.41) is 11.6. The van der Waals surface area contributed by atoms with Gasteiger partial charge in [-0.05, 0) is 63.1 Å². The van der Waals surface area contributed by atoms with E-state index in [2.05, 4.69) is 10.1 Å². The summed E-state index contributed by atoms with van der Waals surface area (Å²) in [7, 11) is -4.73. The van der Waals surface area contributed by atoms with E-state index < -0.39 is 68.6 Å². The molecule has 1 aliphatic carbocycles. The first-order valence-corrected chi connectivity index (χ1v) is 13.5. The van der Waals surface area contributed by atoms with Crippen LogP contribution in [0.3, 0.4) is 0 Å². The number of amides is 1. The highest BCUT2D eigenvalue weighted by Crippen LogP contribution is 2.51. The van der Waals surface area contributed by atoms with Gasteiger partial charge in [0.2, 0.25) is 5.60 Å². The number of hydrogen-bond donors (Lipinski definition) is 2. The number of halogens is 6. The second kappa shape index (κ2) is 9.99. The van der Waals surface area contributed by atoms with Crippen LogP contribution in [-0.4, -0.2) is 50.0 Å². The summed E-state index contributed by atoms with van der Waals surface area (Å²) in [5.74, 6) is -1.20. The molecule has 224 valence electrons. The summed E-state index contributed by atoms with van der Waals surface area (Å²) < 4.78 is 118. The van der Waals surface area contributed by atoms with Gasteiger partial charge in [0.05, 0.1) is 28.1 Å². The number of hydrogen-bond acceptors (Lipinski definition) is 6. The lowest BCUT2D eigenvalue weighted by molar-refractivity contribution is -0.242. The van der Waals surface area contributed by atoms with Gasteiger partial charge < -0.3 is 14.6 Å². The Kier molecular flexibility index (Phi) is 7.38. The van der Waals surface area contributed by atoms with Gasteiger partial charge in [0.15, 0.2) is 0 Å². The number of carboxylic acid groups (broad SMARTS) is 1. The van der Waals surface area contributed by atoms with Gasteiger partial charge in [-0.15, -0.1) is 0 Å². The second-order valence-corrected chi connectivity index (χ2v) is 12.2. The molecule has 0 saturated heterocycles. The van der Waals surface area contributed by atoms with Gasteiger partial charge in [0, 0.05) is 12.1 Å². The predicted octanol–water partition coefficient (Wildman–Crippen LogP) is 5.81. The van der Waals surface area contributed by atoms with Gasteiger partial charge in [0.1, 0.15) is 11.9 Å². The first-order chi connectivity index (χ1) is 18.7. The minimum Gasteiger partial charge on any atom is -0.486 e. The fraction of sp³-hybridized carbons (Fsp3) is 0.440. The van der Waals surface area contributed by atoms with E-state index >= 15 is 0 Å². The SMILES string of the molecule is CC(C)(OC(=O)Nc1ccc2c(c1)N(S(=O)(=O)c1cccc(C(F)(F)F)c1)C[C@@H](CC1(C(=O)O)CC1)O2)C(F)(F)F. The van der Waals surface area contributed by atoms with Gasteiger partial charge >= 0.3 is 24.4 Å². The van der Waals surface area contributed by atoms with Gasteiger partial charge in [-0.25, -0.2) is 13.2 Å². The molecule has 2 N–H and O–H groups in total. The second-order valence-electron chi connectivity index (χ2n) is 10.3. The van der Waals surface area contributed by atoms with Crippen LogP contribution in [0, 0.1) is 5.41 Å². The Morgan fingerprint density at radius 3 is 2.32 bits per heavy atom. The van der Waals surface area contributed by atoms with Crippen LogP contribution < -0.4 is 14.4 Å². The van der Waals surface area contributed by atoms with Crippen LogP contribution in [0.1, 0.15) is 38.7 Å². The van der Waals surface area contributed by atoms with Crippen molar-refractivity contribution in [3.05, 3.63) is 48.0 Å². The third-order valence-corrected chi connectivity index (χ3v) is 8.62. The van der Waals surface area contributed by atoms with Crippen molar-refractivity contribution in [3.63, 3.8) is 0 Å². The van der Waals surface area contributed by atoms with E-state index in [9.17, 15) is 49.5 Å². The fourth-order valence-electron chi connectivity index (χ4n) is 4.21. The molecule has 2 aliphatic rings. The topological polar surface area (TPSA) is 122 Å². The molecular weight excluding hydrogens is 586 g/mol. The van der Waals surface area contributed by atoms with E-state index in [4.69, 9.17) is 4.74 Å². The number of carbonyl (C=O) groups is 2. The molecule has 1 heterocycles. The maximum absolute atomic E-state index is 13.7. The zero-order valence-electron chi connectivity index (χ0n) is 21.5. The smallest absolute Gasteiger partial charge is 0.427 e. The van der Waals surface area contributed by atoms with Crippen molar-refractivity contribution in [1.29, 1.82) is 0 Å². The van der Waals surface area contributed by atoms with E-state index in [1.54, 1.807) is 0 Å². The molecule has 1 fully saturated rings. The Morgan fingerprint density at radius 1 is 1.10 bits per heavy atom. The van der Waals surface area contributed by atoms with Crippen LogP contribution in [-0.2, 0) is 25.7 Å². The number of aliphatic carboxylic acids is 1. The summed E-state index contributed by atoms with van der Waals surface area (Å²) in [6.45, 7) is 0.761. The number of nitrogens with zero attached hydrogens (tertiary/aromatic N) is 1. The molecule has 0 radical (unpaired) electrons. The largest absolute Gasteiger partial charge is 0.486 e. The zero-order chi connectivity index (χ0) is 30.6. The monoisotopic (exact) mass is 610 g/mol. The molecule has 1 amide bonds. The molecule has 41 heavy (non-hydrogen) atoms. The number of nitrogens with one attached hydrogen (secondary N) is 1. The van der Waals surface area contributed by atoms with E-state index in [0.717, 1.165) is 22.5 Å². The lowest BCUT2D eigenvalue weighted by Crippen LogP contribution is -2.45. The first-order valence-electron chi connectivity index (χ1n) is 12.1. The number of benzene rings is 2. The summed E-state index contributed by atoms with van der Waals surface area (Å²) in [5.41, 5.74) is -5.67. The van der Waals surface area contributed by atoms with Gasteiger partial charge in [0.25, 0.3) is 10.0 Å². The van der Waals surface area contributed by atoms with Gasteiger partial charge in [-0.2, -0.15) is 26.3 Å². The van der Waals surface area contributed by atoms with Gasteiger partial charge in [-0.1, -0.05) is 6.07 Å². The quantitative estimate of drug-likeness (QED) is 0.380. The Balaban J connectivity index is 1.71. The van der Waals surface area contributed by atoms with Crippen molar-refractivity contribution in [2.24, 2.45) is 5.41 Å². The highest BCUT2D eigenvalue weighted by Gasteiger charge is 2.53. The third-order valence-electron chi connectivity index (χ3n) is 6.84. The van der Waals surface area contributed by atoms with Crippen LogP contribution in [0.2, 0.25) is 0 Å². The van der Waals surface area contributed by atoms with Crippen LogP contribution in [0.15, 0.2) is 47.4 Å². The molecule has 4 rings (SSSR count). The number of carbonyl (C=O) groups excluding carboxylic acids is 1. The summed E-state index contributed by atoms with van der Waals surface area (Å²) >= 11 is 0. The highest BCUT2D eigenvalue weighted by molar-refractivity contribution is 7.92. The lowest BCUT2D eigenvalue weighted by Gasteiger charge is -2.36. The molecule has 9 nitrogen and oxygen atoms in total.